The van der Waals surface area contributed by atoms with E-state index in [4.69, 9.17) is 0 Å². The SMILES string of the molecule is O=C(CCC1=CCCC=C1)N1CCC(O)(Cn2cnn3c(-c4ccc(CO)cc4)ccc3c2=O)CC1. The number of hydrogen-bond donors (Lipinski definition) is 2. The molecule has 2 aliphatic rings. The van der Waals surface area contributed by atoms with Crippen molar-refractivity contribution in [2.45, 2.75) is 57.3 Å². The van der Waals surface area contributed by atoms with E-state index in [0.29, 0.717) is 37.9 Å². The highest BCUT2D eigenvalue weighted by molar-refractivity contribution is 5.76. The van der Waals surface area contributed by atoms with Crippen molar-refractivity contribution in [3.8, 4) is 11.3 Å². The number of piperidine rings is 1. The molecule has 0 atom stereocenters. The Morgan fingerprint density at radius 1 is 1.06 bits per heavy atom. The maximum absolute atomic E-state index is 13.2. The van der Waals surface area contributed by atoms with Crippen LogP contribution < -0.4 is 5.56 Å². The molecule has 36 heavy (non-hydrogen) atoms. The molecule has 2 aromatic heterocycles. The predicted octanol–water partition coefficient (Wildman–Crippen LogP) is 3.07. The number of rotatable bonds is 7. The highest BCUT2D eigenvalue weighted by Gasteiger charge is 2.34. The van der Waals surface area contributed by atoms with Crippen LogP contribution in [0.1, 0.15) is 44.1 Å². The number of aliphatic hydroxyl groups excluding tert-OH is 1. The van der Waals surface area contributed by atoms with Crippen molar-refractivity contribution in [1.29, 1.82) is 0 Å². The molecule has 0 bridgehead atoms. The van der Waals surface area contributed by atoms with E-state index in [1.54, 1.807) is 10.6 Å². The summed E-state index contributed by atoms with van der Waals surface area (Å²) < 4.78 is 3.07. The third-order valence-electron chi connectivity index (χ3n) is 7.29. The summed E-state index contributed by atoms with van der Waals surface area (Å²) in [6.45, 7) is 1.07. The van der Waals surface area contributed by atoms with Gasteiger partial charge in [-0.25, -0.2) is 4.52 Å². The molecule has 0 saturated carbocycles. The number of carbonyl (C=O) groups is 1. The monoisotopic (exact) mass is 488 g/mol. The van der Waals surface area contributed by atoms with E-state index in [1.807, 2.05) is 35.2 Å². The normalized spacial score (nSPS) is 17.4. The number of nitrogens with zero attached hydrogens (tertiary/aromatic N) is 4. The quantitative estimate of drug-likeness (QED) is 0.533. The summed E-state index contributed by atoms with van der Waals surface area (Å²) in [5, 5.41) is 25.0. The van der Waals surface area contributed by atoms with Gasteiger partial charge in [-0.3, -0.25) is 14.2 Å². The zero-order valence-electron chi connectivity index (χ0n) is 20.3. The first kappa shape index (κ1) is 24.2. The topological polar surface area (TPSA) is 100 Å². The fraction of sp³-hybridized carbons (Fsp3) is 0.393. The van der Waals surface area contributed by atoms with Crippen LogP contribution in [0.4, 0.5) is 0 Å². The molecular formula is C28H32N4O4. The largest absolute Gasteiger partial charge is 0.392 e. The van der Waals surface area contributed by atoms with E-state index in [0.717, 1.165) is 36.1 Å². The van der Waals surface area contributed by atoms with Gasteiger partial charge in [-0.1, -0.05) is 48.1 Å². The zero-order valence-corrected chi connectivity index (χ0v) is 20.3. The van der Waals surface area contributed by atoms with Crippen molar-refractivity contribution in [1.82, 2.24) is 19.1 Å². The molecule has 1 fully saturated rings. The van der Waals surface area contributed by atoms with Crippen LogP contribution in [-0.2, 0) is 17.9 Å². The minimum absolute atomic E-state index is 0.0250. The van der Waals surface area contributed by atoms with Gasteiger partial charge in [-0.05, 0) is 49.8 Å². The number of aliphatic hydroxyl groups is 2. The van der Waals surface area contributed by atoms with E-state index < -0.39 is 5.60 Å². The number of hydrogen-bond acceptors (Lipinski definition) is 5. The van der Waals surface area contributed by atoms with E-state index in [2.05, 4.69) is 23.3 Å². The summed E-state index contributed by atoms with van der Waals surface area (Å²) in [4.78, 5) is 27.7. The zero-order chi connectivity index (χ0) is 25.1. The molecule has 0 radical (unpaired) electrons. The first-order valence-electron chi connectivity index (χ1n) is 12.6. The summed E-state index contributed by atoms with van der Waals surface area (Å²) in [7, 11) is 0. The molecule has 1 aromatic carbocycles. The Morgan fingerprint density at radius 2 is 1.83 bits per heavy atom. The van der Waals surface area contributed by atoms with E-state index in [-0.39, 0.29) is 24.6 Å². The van der Waals surface area contributed by atoms with Gasteiger partial charge in [0, 0.05) is 25.1 Å². The lowest BCUT2D eigenvalue weighted by atomic mass is 9.91. The summed E-state index contributed by atoms with van der Waals surface area (Å²) in [6, 6.07) is 11.0. The molecular weight excluding hydrogens is 456 g/mol. The van der Waals surface area contributed by atoms with Crippen LogP contribution in [0.3, 0.4) is 0 Å². The van der Waals surface area contributed by atoms with Gasteiger partial charge < -0.3 is 15.1 Å². The second-order valence-electron chi connectivity index (χ2n) is 9.80. The van der Waals surface area contributed by atoms with Crippen molar-refractivity contribution in [2.24, 2.45) is 0 Å². The van der Waals surface area contributed by atoms with Crippen molar-refractivity contribution < 1.29 is 15.0 Å². The van der Waals surface area contributed by atoms with Crippen LogP contribution >= 0.6 is 0 Å². The fourth-order valence-electron chi connectivity index (χ4n) is 5.05. The molecule has 1 saturated heterocycles. The molecule has 188 valence electrons. The van der Waals surface area contributed by atoms with Gasteiger partial charge in [-0.2, -0.15) is 5.10 Å². The van der Waals surface area contributed by atoms with E-state index in [9.17, 15) is 19.8 Å². The Bertz CT molecular complexity index is 1360. The molecule has 5 rings (SSSR count). The van der Waals surface area contributed by atoms with Gasteiger partial charge >= 0.3 is 0 Å². The van der Waals surface area contributed by atoms with Crippen molar-refractivity contribution in [2.75, 3.05) is 13.1 Å². The fourth-order valence-corrected chi connectivity index (χ4v) is 5.05. The number of fused-ring (bicyclic) bond motifs is 1. The van der Waals surface area contributed by atoms with Crippen LogP contribution in [0, 0.1) is 0 Å². The smallest absolute Gasteiger partial charge is 0.277 e. The molecule has 1 amide bonds. The Hall–Kier alpha value is -3.49. The van der Waals surface area contributed by atoms with Gasteiger partial charge in [0.2, 0.25) is 5.91 Å². The number of likely N-dealkylation sites (tertiary alicyclic amines) is 1. The van der Waals surface area contributed by atoms with Gasteiger partial charge in [0.1, 0.15) is 11.8 Å². The number of benzene rings is 1. The minimum atomic E-state index is -1.06. The molecule has 1 aliphatic heterocycles. The average molecular weight is 489 g/mol. The molecule has 0 spiro atoms. The average Bonchev–Trinajstić information content (AvgIpc) is 3.35. The molecule has 1 aliphatic carbocycles. The second kappa shape index (κ2) is 10.2. The van der Waals surface area contributed by atoms with Gasteiger partial charge in [0.05, 0.1) is 24.4 Å². The summed E-state index contributed by atoms with van der Waals surface area (Å²) in [6.07, 6.45) is 12.1. The molecule has 3 heterocycles. The molecule has 2 N–H and O–H groups in total. The first-order chi connectivity index (χ1) is 17.5. The van der Waals surface area contributed by atoms with Crippen LogP contribution in [0.5, 0.6) is 0 Å². The second-order valence-corrected chi connectivity index (χ2v) is 9.80. The highest BCUT2D eigenvalue weighted by atomic mass is 16.3. The Morgan fingerprint density at radius 3 is 2.53 bits per heavy atom. The van der Waals surface area contributed by atoms with Crippen molar-refractivity contribution in [3.05, 3.63) is 82.4 Å². The molecule has 3 aromatic rings. The highest BCUT2D eigenvalue weighted by Crippen LogP contribution is 2.26. The first-order valence-corrected chi connectivity index (χ1v) is 12.6. The van der Waals surface area contributed by atoms with Crippen molar-refractivity contribution in [3.63, 3.8) is 0 Å². The maximum atomic E-state index is 13.2. The lowest BCUT2D eigenvalue weighted by Crippen LogP contribution is -2.49. The third-order valence-corrected chi connectivity index (χ3v) is 7.29. The molecule has 0 unspecified atom stereocenters. The van der Waals surface area contributed by atoms with Crippen molar-refractivity contribution >= 4 is 11.4 Å². The van der Waals surface area contributed by atoms with Crippen LogP contribution in [-0.4, -0.2) is 53.9 Å². The van der Waals surface area contributed by atoms with Gasteiger partial charge in [0.25, 0.3) is 5.56 Å². The summed E-state index contributed by atoms with van der Waals surface area (Å²) in [5.74, 6) is 0.116. The number of allylic oxidation sites excluding steroid dienone is 4. The minimum Gasteiger partial charge on any atom is -0.392 e. The summed E-state index contributed by atoms with van der Waals surface area (Å²) >= 11 is 0. The number of carbonyl (C=O) groups excluding carboxylic acids is 1. The Kier molecular flexibility index (Phi) is 6.89. The lowest BCUT2D eigenvalue weighted by molar-refractivity contribution is -0.135. The standard InChI is InChI=1S/C28H32N4O4/c33-18-22-6-9-23(10-7-22)24-11-12-25-27(35)31(20-29-32(24)25)19-28(36)14-16-30(17-15-28)26(34)13-8-21-4-2-1-3-5-21/h2,4-7,9-12,20,33,36H,1,3,8,13-19H2. The van der Waals surface area contributed by atoms with Gasteiger partial charge in [0.15, 0.2) is 0 Å². The maximum Gasteiger partial charge on any atom is 0.277 e. The van der Waals surface area contributed by atoms with Crippen LogP contribution in [0.2, 0.25) is 0 Å². The lowest BCUT2D eigenvalue weighted by Gasteiger charge is -2.38. The predicted molar refractivity (Wildman–Crippen MR) is 137 cm³/mol. The third kappa shape index (κ3) is 5.05. The van der Waals surface area contributed by atoms with E-state index in [1.165, 1.54) is 16.5 Å². The van der Waals surface area contributed by atoms with Crippen LogP contribution in [0.25, 0.3) is 16.8 Å². The number of amides is 1. The Balaban J connectivity index is 1.23. The van der Waals surface area contributed by atoms with E-state index >= 15 is 0 Å². The molecule has 8 nitrogen and oxygen atoms in total. The molecule has 8 heteroatoms. The van der Waals surface area contributed by atoms with Gasteiger partial charge in [-0.15, -0.1) is 0 Å². The van der Waals surface area contributed by atoms with Crippen LogP contribution in [0.15, 0.2) is 71.3 Å². The summed E-state index contributed by atoms with van der Waals surface area (Å²) in [5.41, 5.74) is 2.86. The Labute approximate surface area is 209 Å². The number of aromatic nitrogens is 3.